The molecule has 154 valence electrons. The average Bonchev–Trinajstić information content (AvgIpc) is 2.66. The van der Waals surface area contributed by atoms with Crippen molar-refractivity contribution in [3.8, 4) is 5.75 Å². The van der Waals surface area contributed by atoms with Crippen LogP contribution in [0.25, 0.3) is 0 Å². The smallest absolute Gasteiger partial charge is 0.276 e. The van der Waals surface area contributed by atoms with E-state index >= 15 is 0 Å². The molecule has 29 heavy (non-hydrogen) atoms. The maximum absolute atomic E-state index is 12.3. The van der Waals surface area contributed by atoms with E-state index in [0.717, 1.165) is 15.6 Å². The van der Waals surface area contributed by atoms with Gasteiger partial charge in [0.15, 0.2) is 11.7 Å². The molecule has 8 heteroatoms. The maximum Gasteiger partial charge on any atom is 0.276 e. The SMILES string of the molecule is Cc1cc(OCC(=O)NNC(=S)NC(=O)c2ccc(C(C)(C)C)cc2)ccc1Br. The van der Waals surface area contributed by atoms with Gasteiger partial charge in [-0.2, -0.15) is 0 Å². The summed E-state index contributed by atoms with van der Waals surface area (Å²) in [7, 11) is 0. The standard InChI is InChI=1S/C21H24BrN3O3S/c1-13-11-16(9-10-17(13)22)28-12-18(26)24-25-20(29)23-19(27)14-5-7-15(8-6-14)21(2,3)4/h5-11H,12H2,1-4H3,(H,24,26)(H2,23,25,27,29). The van der Waals surface area contributed by atoms with E-state index in [0.29, 0.717) is 11.3 Å². The second-order valence-electron chi connectivity index (χ2n) is 7.48. The summed E-state index contributed by atoms with van der Waals surface area (Å²) in [5, 5.41) is 2.51. The molecule has 0 saturated carbocycles. The number of halogens is 1. The fourth-order valence-corrected chi connectivity index (χ4v) is 2.74. The number of ether oxygens (including phenoxy) is 1. The number of rotatable bonds is 4. The Kier molecular flexibility index (Phi) is 7.75. The van der Waals surface area contributed by atoms with Crippen LogP contribution in [0, 0.1) is 6.92 Å². The lowest BCUT2D eigenvalue weighted by atomic mass is 9.87. The van der Waals surface area contributed by atoms with Crippen LogP contribution in [0.4, 0.5) is 0 Å². The van der Waals surface area contributed by atoms with Crippen molar-refractivity contribution in [3.05, 3.63) is 63.6 Å². The van der Waals surface area contributed by atoms with E-state index in [4.69, 9.17) is 17.0 Å². The van der Waals surface area contributed by atoms with Crippen molar-refractivity contribution in [2.24, 2.45) is 0 Å². The molecule has 6 nitrogen and oxygen atoms in total. The third kappa shape index (κ3) is 7.14. The molecule has 2 aromatic carbocycles. The number of hydrogen-bond donors (Lipinski definition) is 3. The summed E-state index contributed by atoms with van der Waals surface area (Å²) in [6.45, 7) is 8.04. The molecule has 0 aromatic heterocycles. The van der Waals surface area contributed by atoms with Crippen LogP contribution in [0.2, 0.25) is 0 Å². The number of benzene rings is 2. The largest absolute Gasteiger partial charge is 0.484 e. The summed E-state index contributed by atoms with van der Waals surface area (Å²) in [6, 6.07) is 12.7. The molecule has 3 N–H and O–H groups in total. The van der Waals surface area contributed by atoms with Crippen LogP contribution in [0.5, 0.6) is 5.75 Å². The van der Waals surface area contributed by atoms with Crippen molar-refractivity contribution in [1.82, 2.24) is 16.2 Å². The summed E-state index contributed by atoms with van der Waals surface area (Å²) in [5.41, 5.74) is 7.48. The van der Waals surface area contributed by atoms with Gasteiger partial charge in [0, 0.05) is 10.0 Å². The topological polar surface area (TPSA) is 79.5 Å². The fraction of sp³-hybridized carbons (Fsp3) is 0.286. The van der Waals surface area contributed by atoms with Gasteiger partial charge in [0.05, 0.1) is 0 Å². The Morgan fingerprint density at radius 2 is 1.72 bits per heavy atom. The van der Waals surface area contributed by atoms with E-state index in [2.05, 4.69) is 52.9 Å². The molecule has 0 unspecified atom stereocenters. The van der Waals surface area contributed by atoms with Crippen LogP contribution in [0.1, 0.15) is 42.3 Å². The zero-order valence-corrected chi connectivity index (χ0v) is 19.2. The third-order valence-electron chi connectivity index (χ3n) is 4.05. The molecule has 0 atom stereocenters. The second-order valence-corrected chi connectivity index (χ2v) is 8.75. The molecule has 2 aromatic rings. The first kappa shape index (κ1) is 22.8. The number of nitrogens with one attached hydrogen (secondary N) is 3. The van der Waals surface area contributed by atoms with Crippen molar-refractivity contribution < 1.29 is 14.3 Å². The highest BCUT2D eigenvalue weighted by Crippen LogP contribution is 2.22. The Bertz CT molecular complexity index is 908. The van der Waals surface area contributed by atoms with Crippen LogP contribution < -0.4 is 20.9 Å². The molecule has 0 saturated heterocycles. The van der Waals surface area contributed by atoms with Crippen LogP contribution in [0.15, 0.2) is 46.9 Å². The number of carbonyl (C=O) groups is 2. The quantitative estimate of drug-likeness (QED) is 0.461. The fourth-order valence-electron chi connectivity index (χ4n) is 2.35. The minimum Gasteiger partial charge on any atom is -0.484 e. The number of amides is 2. The number of hydrogen-bond acceptors (Lipinski definition) is 4. The molecule has 0 aliphatic rings. The summed E-state index contributed by atoms with van der Waals surface area (Å²) >= 11 is 8.44. The van der Waals surface area contributed by atoms with E-state index in [1.165, 1.54) is 0 Å². The highest BCUT2D eigenvalue weighted by atomic mass is 79.9. The van der Waals surface area contributed by atoms with Gasteiger partial charge in [-0.3, -0.25) is 25.8 Å². The van der Waals surface area contributed by atoms with Gasteiger partial charge in [-0.25, -0.2) is 0 Å². The van der Waals surface area contributed by atoms with Crippen molar-refractivity contribution in [1.29, 1.82) is 0 Å². The molecule has 2 rings (SSSR count). The molecular weight excluding hydrogens is 454 g/mol. The highest BCUT2D eigenvalue weighted by Gasteiger charge is 2.15. The summed E-state index contributed by atoms with van der Waals surface area (Å²) in [5.74, 6) is -0.217. The summed E-state index contributed by atoms with van der Waals surface area (Å²) < 4.78 is 6.38. The predicted molar refractivity (Wildman–Crippen MR) is 121 cm³/mol. The van der Waals surface area contributed by atoms with Gasteiger partial charge in [-0.15, -0.1) is 0 Å². The molecule has 0 bridgehead atoms. The first-order chi connectivity index (χ1) is 13.6. The molecule has 0 radical (unpaired) electrons. The summed E-state index contributed by atoms with van der Waals surface area (Å²) in [6.07, 6.45) is 0. The van der Waals surface area contributed by atoms with Crippen molar-refractivity contribution >= 4 is 45.1 Å². The minimum absolute atomic E-state index is 0.00710. The van der Waals surface area contributed by atoms with Gasteiger partial charge in [0.1, 0.15) is 5.75 Å². The Morgan fingerprint density at radius 3 is 2.31 bits per heavy atom. The predicted octanol–water partition coefficient (Wildman–Crippen LogP) is 3.77. The van der Waals surface area contributed by atoms with Gasteiger partial charge in [-0.1, -0.05) is 48.8 Å². The van der Waals surface area contributed by atoms with E-state index in [1.807, 2.05) is 31.2 Å². The number of thiocarbonyl (C=S) groups is 1. The second kappa shape index (κ2) is 9.84. The van der Waals surface area contributed by atoms with Gasteiger partial charge in [0.2, 0.25) is 0 Å². The Hall–Kier alpha value is -2.45. The number of hydrazine groups is 1. The van der Waals surface area contributed by atoms with E-state index < -0.39 is 5.91 Å². The van der Waals surface area contributed by atoms with E-state index in [9.17, 15) is 9.59 Å². The zero-order valence-electron chi connectivity index (χ0n) is 16.8. The van der Waals surface area contributed by atoms with E-state index in [1.54, 1.807) is 18.2 Å². The van der Waals surface area contributed by atoms with Gasteiger partial charge >= 0.3 is 0 Å². The van der Waals surface area contributed by atoms with Crippen LogP contribution in [-0.2, 0) is 10.2 Å². The number of aryl methyl sites for hydroxylation is 1. The van der Waals surface area contributed by atoms with Crippen LogP contribution in [-0.4, -0.2) is 23.5 Å². The van der Waals surface area contributed by atoms with E-state index in [-0.39, 0.29) is 23.0 Å². The molecule has 0 spiro atoms. The first-order valence-electron chi connectivity index (χ1n) is 8.96. The zero-order chi connectivity index (χ0) is 21.6. The molecule has 0 fully saturated rings. The van der Waals surface area contributed by atoms with Crippen LogP contribution >= 0.6 is 28.1 Å². The Morgan fingerprint density at radius 1 is 1.07 bits per heavy atom. The Balaban J connectivity index is 1.77. The average molecular weight is 478 g/mol. The lowest BCUT2D eigenvalue weighted by Gasteiger charge is -2.19. The molecule has 2 amide bonds. The minimum atomic E-state index is -0.434. The van der Waals surface area contributed by atoms with Gasteiger partial charge in [-0.05, 0) is 66.0 Å². The van der Waals surface area contributed by atoms with Crippen molar-refractivity contribution in [2.75, 3.05) is 6.61 Å². The molecule has 0 aliphatic heterocycles. The van der Waals surface area contributed by atoms with Crippen LogP contribution in [0.3, 0.4) is 0 Å². The first-order valence-corrected chi connectivity index (χ1v) is 10.2. The molecular formula is C21H24BrN3O3S. The molecule has 0 aliphatic carbocycles. The Labute approximate surface area is 184 Å². The van der Waals surface area contributed by atoms with Gasteiger partial charge < -0.3 is 4.74 Å². The lowest BCUT2D eigenvalue weighted by Crippen LogP contribution is -2.49. The monoisotopic (exact) mass is 477 g/mol. The van der Waals surface area contributed by atoms with Crippen molar-refractivity contribution in [2.45, 2.75) is 33.1 Å². The lowest BCUT2D eigenvalue weighted by molar-refractivity contribution is -0.123. The molecule has 0 heterocycles. The van der Waals surface area contributed by atoms with Gasteiger partial charge in [0.25, 0.3) is 11.8 Å². The number of carbonyl (C=O) groups excluding carboxylic acids is 2. The highest BCUT2D eigenvalue weighted by molar-refractivity contribution is 9.10. The summed E-state index contributed by atoms with van der Waals surface area (Å²) in [4.78, 5) is 24.1. The third-order valence-corrected chi connectivity index (χ3v) is 5.15. The van der Waals surface area contributed by atoms with Crippen molar-refractivity contribution in [3.63, 3.8) is 0 Å². The normalized spacial score (nSPS) is 10.8. The maximum atomic E-state index is 12.3.